The fraction of sp³-hybridized carbons (Fsp3) is 0.533. The van der Waals surface area contributed by atoms with Crippen LogP contribution in [0.1, 0.15) is 62.2 Å². The number of para-hydroxylation sites is 1. The van der Waals surface area contributed by atoms with Crippen molar-refractivity contribution in [3.8, 4) is 5.75 Å². The van der Waals surface area contributed by atoms with E-state index in [1.165, 1.54) is 19.3 Å². The molecule has 4 fully saturated rings. The fourth-order valence-electron chi connectivity index (χ4n) is 7.09. The van der Waals surface area contributed by atoms with E-state index in [4.69, 9.17) is 14.2 Å². The van der Waals surface area contributed by atoms with Crippen LogP contribution in [0.5, 0.6) is 5.75 Å². The Kier molecular flexibility index (Phi) is 6.57. The van der Waals surface area contributed by atoms with Crippen molar-refractivity contribution in [3.05, 3.63) is 77.9 Å². The molecule has 3 aromatic rings. The van der Waals surface area contributed by atoms with Crippen LogP contribution in [0.15, 0.2) is 65.2 Å². The number of hydrogen-bond donors (Lipinski definition) is 1. The lowest BCUT2D eigenvalue weighted by atomic mass is 9.73. The lowest BCUT2D eigenvalue weighted by Crippen LogP contribution is -2.62. The zero-order valence-electron chi connectivity index (χ0n) is 21.1. The lowest BCUT2D eigenvalue weighted by molar-refractivity contribution is -0.960. The van der Waals surface area contributed by atoms with Crippen molar-refractivity contribution in [1.29, 1.82) is 0 Å². The maximum atomic E-state index is 12.1. The largest absolute Gasteiger partial charge is 0.493 e. The number of benzene rings is 2. The standard InChI is InChI=1S/C30H38N3O3/c34-30(25-10-4-1-5-11-25,26-12-6-2-7-13-26)29-31-28(36-32-29)21-33-18-16-23(17-19-33)24(20-33)22-35-27-14-8-3-9-15-27/h1,3-5,8-11,14-15,23-24,26,34H,2,6-7,12-13,16-22H2/q+1. The lowest BCUT2D eigenvalue weighted by Gasteiger charge is -2.52. The SMILES string of the molecule is OC(c1ccccc1)(c1noc(C[N+]23CCC(CC2)C(COc2ccccc2)C3)n1)C1CCCCC1. The number of aromatic nitrogens is 2. The summed E-state index contributed by atoms with van der Waals surface area (Å²) in [5.41, 5.74) is -0.335. The summed E-state index contributed by atoms with van der Waals surface area (Å²) >= 11 is 0. The Hall–Kier alpha value is -2.70. The van der Waals surface area contributed by atoms with Crippen LogP contribution in [-0.2, 0) is 12.1 Å². The zero-order chi connectivity index (χ0) is 24.4. The maximum Gasteiger partial charge on any atom is 0.282 e. The predicted octanol–water partition coefficient (Wildman–Crippen LogP) is 5.32. The predicted molar refractivity (Wildman–Crippen MR) is 137 cm³/mol. The van der Waals surface area contributed by atoms with Crippen LogP contribution in [0.2, 0.25) is 0 Å². The van der Waals surface area contributed by atoms with Gasteiger partial charge in [-0.3, -0.25) is 0 Å². The van der Waals surface area contributed by atoms with Gasteiger partial charge < -0.3 is 18.8 Å². The monoisotopic (exact) mass is 488 g/mol. The first-order valence-electron chi connectivity index (χ1n) is 13.8. The van der Waals surface area contributed by atoms with Gasteiger partial charge in [0, 0.05) is 18.8 Å². The van der Waals surface area contributed by atoms with E-state index in [2.05, 4.69) is 5.16 Å². The second kappa shape index (κ2) is 9.98. The first kappa shape index (κ1) is 23.7. The minimum Gasteiger partial charge on any atom is -0.493 e. The van der Waals surface area contributed by atoms with Crippen LogP contribution >= 0.6 is 0 Å². The minimum atomic E-state index is -1.20. The van der Waals surface area contributed by atoms with Crippen LogP contribution in [-0.4, -0.2) is 46.0 Å². The highest BCUT2D eigenvalue weighted by Crippen LogP contribution is 2.43. The van der Waals surface area contributed by atoms with Crippen LogP contribution in [0.4, 0.5) is 0 Å². The number of piperidine rings is 3. The minimum absolute atomic E-state index is 0.108. The Morgan fingerprint density at radius 1 is 0.917 bits per heavy atom. The van der Waals surface area contributed by atoms with Crippen molar-refractivity contribution in [2.24, 2.45) is 17.8 Å². The molecule has 6 nitrogen and oxygen atoms in total. The van der Waals surface area contributed by atoms with Crippen molar-refractivity contribution in [2.45, 2.75) is 57.1 Å². The molecule has 2 atom stereocenters. The van der Waals surface area contributed by atoms with Crippen LogP contribution in [0.3, 0.4) is 0 Å². The molecule has 4 heterocycles. The molecule has 4 aliphatic rings. The molecule has 0 radical (unpaired) electrons. The molecule has 190 valence electrons. The molecule has 3 saturated heterocycles. The molecule has 1 saturated carbocycles. The van der Waals surface area contributed by atoms with E-state index in [0.29, 0.717) is 17.6 Å². The number of rotatable bonds is 8. The van der Waals surface area contributed by atoms with Crippen molar-refractivity contribution in [2.75, 3.05) is 26.2 Å². The van der Waals surface area contributed by atoms with Gasteiger partial charge in [-0.05, 0) is 42.4 Å². The van der Waals surface area contributed by atoms with E-state index in [9.17, 15) is 5.11 Å². The summed E-state index contributed by atoms with van der Waals surface area (Å²) in [5, 5.41) is 16.5. The highest BCUT2D eigenvalue weighted by Gasteiger charge is 2.48. The Bertz CT molecular complexity index is 1120. The quantitative estimate of drug-likeness (QED) is 0.435. The smallest absolute Gasteiger partial charge is 0.282 e. The highest BCUT2D eigenvalue weighted by molar-refractivity contribution is 5.30. The normalized spacial score (nSPS) is 28.0. The Morgan fingerprint density at radius 2 is 1.61 bits per heavy atom. The summed E-state index contributed by atoms with van der Waals surface area (Å²) in [6, 6.07) is 20.1. The number of fused-ring (bicyclic) bond motifs is 3. The summed E-state index contributed by atoms with van der Waals surface area (Å²) in [6.07, 6.45) is 7.92. The number of nitrogens with zero attached hydrogens (tertiary/aromatic N) is 3. The first-order chi connectivity index (χ1) is 17.6. The van der Waals surface area contributed by atoms with Gasteiger partial charge in [0.2, 0.25) is 5.82 Å². The summed E-state index contributed by atoms with van der Waals surface area (Å²) in [4.78, 5) is 4.88. The second-order valence-corrected chi connectivity index (χ2v) is 11.3. The zero-order valence-corrected chi connectivity index (χ0v) is 21.1. The van der Waals surface area contributed by atoms with Crippen LogP contribution < -0.4 is 4.74 Å². The average molecular weight is 489 g/mol. The third-order valence-electron chi connectivity index (χ3n) is 9.13. The van der Waals surface area contributed by atoms with Crippen molar-refractivity contribution in [3.63, 3.8) is 0 Å². The van der Waals surface area contributed by atoms with Gasteiger partial charge in [0.1, 0.15) is 5.75 Å². The summed E-state index contributed by atoms with van der Waals surface area (Å²) in [5.74, 6) is 3.42. The summed E-state index contributed by atoms with van der Waals surface area (Å²) in [7, 11) is 0. The van der Waals surface area contributed by atoms with E-state index in [0.717, 1.165) is 80.2 Å². The molecular weight excluding hydrogens is 450 g/mol. The summed E-state index contributed by atoms with van der Waals surface area (Å²) in [6.45, 7) is 4.88. The third kappa shape index (κ3) is 4.57. The van der Waals surface area contributed by atoms with Crippen molar-refractivity contribution in [1.82, 2.24) is 10.1 Å². The van der Waals surface area contributed by atoms with E-state index < -0.39 is 5.60 Å². The van der Waals surface area contributed by atoms with E-state index >= 15 is 0 Å². The van der Waals surface area contributed by atoms with E-state index in [-0.39, 0.29) is 5.92 Å². The topological polar surface area (TPSA) is 68.4 Å². The second-order valence-electron chi connectivity index (χ2n) is 11.3. The molecule has 1 N–H and O–H groups in total. The molecule has 0 spiro atoms. The van der Waals surface area contributed by atoms with E-state index in [1.807, 2.05) is 60.7 Å². The molecule has 2 aromatic carbocycles. The molecule has 6 heteroatoms. The van der Waals surface area contributed by atoms with Gasteiger partial charge in [-0.25, -0.2) is 0 Å². The molecule has 7 rings (SSSR count). The molecule has 2 bridgehead atoms. The van der Waals surface area contributed by atoms with Gasteiger partial charge in [0.15, 0.2) is 12.1 Å². The Balaban J connectivity index is 1.20. The fourth-order valence-corrected chi connectivity index (χ4v) is 7.09. The van der Waals surface area contributed by atoms with Crippen molar-refractivity contribution < 1.29 is 18.8 Å². The first-order valence-corrected chi connectivity index (χ1v) is 13.8. The molecule has 1 aliphatic carbocycles. The highest BCUT2D eigenvalue weighted by atomic mass is 16.5. The average Bonchev–Trinajstić information content (AvgIpc) is 3.42. The van der Waals surface area contributed by atoms with Crippen LogP contribution in [0, 0.1) is 17.8 Å². The van der Waals surface area contributed by atoms with Crippen LogP contribution in [0.25, 0.3) is 0 Å². The maximum absolute atomic E-state index is 12.1. The van der Waals surface area contributed by atoms with Gasteiger partial charge in [0.05, 0.1) is 26.2 Å². The molecule has 2 unspecified atom stereocenters. The van der Waals surface area contributed by atoms with Gasteiger partial charge >= 0.3 is 0 Å². The Morgan fingerprint density at radius 3 is 2.33 bits per heavy atom. The molecule has 1 aromatic heterocycles. The number of hydrogen-bond acceptors (Lipinski definition) is 5. The Labute approximate surface area is 213 Å². The van der Waals surface area contributed by atoms with E-state index in [1.54, 1.807) is 0 Å². The molecule has 0 amide bonds. The molecule has 3 aliphatic heterocycles. The van der Waals surface area contributed by atoms with Gasteiger partial charge in [-0.2, -0.15) is 4.98 Å². The molecular formula is C30H38N3O3+. The number of ether oxygens (including phenoxy) is 1. The van der Waals surface area contributed by atoms with Gasteiger partial charge in [-0.15, -0.1) is 0 Å². The van der Waals surface area contributed by atoms with Gasteiger partial charge in [-0.1, -0.05) is 73.0 Å². The number of aliphatic hydroxyl groups is 1. The summed E-state index contributed by atoms with van der Waals surface area (Å²) < 4.78 is 13.0. The van der Waals surface area contributed by atoms with Crippen molar-refractivity contribution >= 4 is 0 Å². The third-order valence-corrected chi connectivity index (χ3v) is 9.13. The number of quaternary nitrogens is 1. The molecule has 36 heavy (non-hydrogen) atoms. The van der Waals surface area contributed by atoms with Gasteiger partial charge in [0.25, 0.3) is 5.89 Å².